The van der Waals surface area contributed by atoms with E-state index in [-0.39, 0.29) is 50.7 Å². The van der Waals surface area contributed by atoms with E-state index in [4.69, 9.17) is 40.5 Å². The molecule has 1 aliphatic rings. The van der Waals surface area contributed by atoms with Crippen LogP contribution in [0.3, 0.4) is 0 Å². The Labute approximate surface area is 229 Å². The lowest BCUT2D eigenvalue weighted by Crippen LogP contribution is -2.53. The van der Waals surface area contributed by atoms with Gasteiger partial charge in [0.25, 0.3) is 10.0 Å². The highest BCUT2D eigenvalue weighted by Crippen LogP contribution is 2.33. The largest absolute Gasteiger partial charge is 0.350 e. The average molecular weight is 582 g/mol. The second kappa shape index (κ2) is 11.0. The van der Waals surface area contributed by atoms with Gasteiger partial charge < -0.3 is 11.1 Å². The third-order valence-electron chi connectivity index (χ3n) is 5.85. The SMILES string of the molecule is C[C@H](N)C(=O)N[C@@H]1Cc2ncc(CC(=O)c3c(Cl)cccc3Cl)cc2N(S(=O)(=O)c2cccc(Cl)c2)C1. The molecule has 0 fully saturated rings. The summed E-state index contributed by atoms with van der Waals surface area (Å²) in [6.45, 7) is 1.48. The molecule has 194 valence electrons. The number of nitrogens with two attached hydrogens (primary N) is 1. The van der Waals surface area contributed by atoms with Gasteiger partial charge in [-0.05, 0) is 48.9 Å². The number of hydrogen-bond acceptors (Lipinski definition) is 6. The summed E-state index contributed by atoms with van der Waals surface area (Å²) < 4.78 is 28.6. The first kappa shape index (κ1) is 27.3. The number of carbonyl (C=O) groups is 2. The molecule has 0 aliphatic carbocycles. The van der Waals surface area contributed by atoms with E-state index >= 15 is 0 Å². The molecule has 2 heterocycles. The summed E-state index contributed by atoms with van der Waals surface area (Å²) in [6.07, 6.45) is 1.68. The predicted molar refractivity (Wildman–Crippen MR) is 144 cm³/mol. The summed E-state index contributed by atoms with van der Waals surface area (Å²) in [7, 11) is -4.10. The zero-order valence-electron chi connectivity index (χ0n) is 19.6. The Kier molecular flexibility index (Phi) is 8.11. The van der Waals surface area contributed by atoms with Gasteiger partial charge in [-0.15, -0.1) is 0 Å². The van der Waals surface area contributed by atoms with Gasteiger partial charge in [-0.2, -0.15) is 0 Å². The van der Waals surface area contributed by atoms with Crippen molar-refractivity contribution < 1.29 is 18.0 Å². The molecule has 1 aliphatic heterocycles. The van der Waals surface area contributed by atoms with Crippen molar-refractivity contribution in [2.24, 2.45) is 5.73 Å². The Morgan fingerprint density at radius 2 is 1.81 bits per heavy atom. The van der Waals surface area contributed by atoms with Crippen LogP contribution in [-0.2, 0) is 27.7 Å². The molecule has 2 atom stereocenters. The molecule has 0 bridgehead atoms. The lowest BCUT2D eigenvalue weighted by Gasteiger charge is -2.35. The minimum atomic E-state index is -4.10. The van der Waals surface area contributed by atoms with Crippen LogP contribution in [-0.4, -0.2) is 43.7 Å². The number of aromatic nitrogens is 1. The zero-order chi connectivity index (χ0) is 26.9. The van der Waals surface area contributed by atoms with Crippen molar-refractivity contribution in [1.82, 2.24) is 10.3 Å². The van der Waals surface area contributed by atoms with E-state index < -0.39 is 28.0 Å². The number of Topliss-reactive ketones (excluding diaryl/α,β-unsaturated/α-hetero) is 1. The van der Waals surface area contributed by atoms with E-state index in [1.807, 2.05) is 0 Å². The van der Waals surface area contributed by atoms with Crippen LogP contribution < -0.4 is 15.4 Å². The van der Waals surface area contributed by atoms with Crippen molar-refractivity contribution in [3.8, 4) is 0 Å². The van der Waals surface area contributed by atoms with Crippen LogP contribution in [0.5, 0.6) is 0 Å². The van der Waals surface area contributed by atoms with Gasteiger partial charge in [-0.1, -0.05) is 46.9 Å². The lowest BCUT2D eigenvalue weighted by atomic mass is 10.00. The molecule has 0 spiro atoms. The smallest absolute Gasteiger partial charge is 0.264 e. The number of fused-ring (bicyclic) bond motifs is 1. The first-order chi connectivity index (χ1) is 17.5. The number of rotatable bonds is 7. The number of hydrogen-bond donors (Lipinski definition) is 2. The number of amides is 1. The second-order valence-corrected chi connectivity index (χ2v) is 11.8. The van der Waals surface area contributed by atoms with Crippen molar-refractivity contribution in [2.75, 3.05) is 10.8 Å². The molecule has 0 unspecified atom stereocenters. The van der Waals surface area contributed by atoms with Crippen LogP contribution in [0, 0.1) is 0 Å². The molecule has 37 heavy (non-hydrogen) atoms. The molecular formula is C25H23Cl3N4O4S. The summed E-state index contributed by atoms with van der Waals surface area (Å²) in [4.78, 5) is 29.7. The van der Waals surface area contributed by atoms with Crippen molar-refractivity contribution in [1.29, 1.82) is 0 Å². The van der Waals surface area contributed by atoms with Gasteiger partial charge in [0.2, 0.25) is 5.91 Å². The topological polar surface area (TPSA) is 122 Å². The molecule has 1 amide bonds. The quantitative estimate of drug-likeness (QED) is 0.406. The lowest BCUT2D eigenvalue weighted by molar-refractivity contribution is -0.122. The van der Waals surface area contributed by atoms with Gasteiger partial charge >= 0.3 is 0 Å². The standard InChI is InChI=1S/C25H23Cl3N4O4S/c1-14(29)25(34)31-17-11-21-22(32(13-17)37(35,36)18-5-2-4-16(26)10-18)8-15(12-30-21)9-23(33)24-19(27)6-3-7-20(24)28/h2-8,10,12,14,17H,9,11,13,29H2,1H3,(H,31,34)/t14-,17+/m0/s1. The maximum Gasteiger partial charge on any atom is 0.264 e. The third-order valence-corrected chi connectivity index (χ3v) is 8.49. The highest BCUT2D eigenvalue weighted by Gasteiger charge is 2.35. The number of nitrogens with one attached hydrogen (secondary N) is 1. The maximum atomic E-state index is 13.7. The number of benzene rings is 2. The Balaban J connectivity index is 1.73. The Morgan fingerprint density at radius 3 is 2.46 bits per heavy atom. The van der Waals surface area contributed by atoms with Gasteiger partial charge in [0, 0.05) is 24.1 Å². The molecule has 4 rings (SSSR count). The molecule has 0 saturated heterocycles. The number of pyridine rings is 1. The van der Waals surface area contributed by atoms with Gasteiger partial charge in [-0.25, -0.2) is 8.42 Å². The van der Waals surface area contributed by atoms with E-state index in [1.165, 1.54) is 28.7 Å². The fourth-order valence-electron chi connectivity index (χ4n) is 4.04. The summed E-state index contributed by atoms with van der Waals surface area (Å²) in [5.74, 6) is -0.744. The first-order valence-electron chi connectivity index (χ1n) is 11.3. The minimum absolute atomic E-state index is 0.0190. The molecule has 3 N–H and O–H groups in total. The Bertz CT molecular complexity index is 1460. The molecule has 2 aromatic carbocycles. The first-order valence-corrected chi connectivity index (χ1v) is 13.8. The van der Waals surface area contributed by atoms with Crippen molar-refractivity contribution in [3.05, 3.63) is 86.6 Å². The van der Waals surface area contributed by atoms with Crippen LogP contribution in [0.2, 0.25) is 15.1 Å². The van der Waals surface area contributed by atoms with Crippen molar-refractivity contribution >= 4 is 62.2 Å². The molecular weight excluding hydrogens is 559 g/mol. The van der Waals surface area contributed by atoms with Crippen LogP contribution in [0.1, 0.15) is 28.5 Å². The number of nitrogens with zero attached hydrogens (tertiary/aromatic N) is 2. The minimum Gasteiger partial charge on any atom is -0.350 e. The van der Waals surface area contributed by atoms with Crippen molar-refractivity contribution in [3.63, 3.8) is 0 Å². The molecule has 0 radical (unpaired) electrons. The summed E-state index contributed by atoms with van der Waals surface area (Å²) >= 11 is 18.4. The van der Waals surface area contributed by atoms with Gasteiger partial charge in [0.1, 0.15) is 0 Å². The van der Waals surface area contributed by atoms with Crippen LogP contribution in [0.15, 0.2) is 59.6 Å². The second-order valence-electron chi connectivity index (χ2n) is 8.70. The van der Waals surface area contributed by atoms with E-state index in [9.17, 15) is 18.0 Å². The highest BCUT2D eigenvalue weighted by atomic mass is 35.5. The Morgan fingerprint density at radius 1 is 1.14 bits per heavy atom. The Hall–Kier alpha value is -2.69. The number of carbonyl (C=O) groups excluding carboxylic acids is 2. The maximum absolute atomic E-state index is 13.7. The fourth-order valence-corrected chi connectivity index (χ4v) is 6.48. The van der Waals surface area contributed by atoms with E-state index in [1.54, 1.807) is 37.3 Å². The normalized spacial score (nSPS) is 16.1. The van der Waals surface area contributed by atoms with E-state index in [2.05, 4.69) is 10.3 Å². The summed E-state index contributed by atoms with van der Waals surface area (Å²) in [6, 6.07) is 10.9. The zero-order valence-corrected chi connectivity index (χ0v) is 22.7. The van der Waals surface area contributed by atoms with Gasteiger partial charge in [0.15, 0.2) is 5.78 Å². The number of anilines is 1. The van der Waals surface area contributed by atoms with Gasteiger partial charge in [0.05, 0.1) is 50.5 Å². The molecule has 8 nitrogen and oxygen atoms in total. The van der Waals surface area contributed by atoms with Gasteiger partial charge in [-0.3, -0.25) is 18.9 Å². The van der Waals surface area contributed by atoms with Crippen LogP contribution in [0.25, 0.3) is 0 Å². The summed E-state index contributed by atoms with van der Waals surface area (Å²) in [5, 5.41) is 3.49. The van der Waals surface area contributed by atoms with Crippen molar-refractivity contribution in [2.45, 2.75) is 36.7 Å². The molecule has 12 heteroatoms. The fraction of sp³-hybridized carbons (Fsp3) is 0.240. The number of ketones is 1. The number of sulfonamides is 1. The number of halogens is 3. The van der Waals surface area contributed by atoms with E-state index in [0.717, 1.165) is 0 Å². The highest BCUT2D eigenvalue weighted by molar-refractivity contribution is 7.92. The molecule has 3 aromatic rings. The third kappa shape index (κ3) is 5.91. The molecule has 1 aromatic heterocycles. The van der Waals surface area contributed by atoms with Crippen LogP contribution in [0.4, 0.5) is 5.69 Å². The average Bonchev–Trinajstić information content (AvgIpc) is 2.83. The van der Waals surface area contributed by atoms with Crippen LogP contribution >= 0.6 is 34.8 Å². The van der Waals surface area contributed by atoms with E-state index in [0.29, 0.717) is 16.9 Å². The summed E-state index contributed by atoms with van der Waals surface area (Å²) in [5.41, 5.74) is 7.10. The monoisotopic (exact) mass is 580 g/mol. The molecule has 0 saturated carbocycles. The predicted octanol–water partition coefficient (Wildman–Crippen LogP) is 4.05.